The highest BCUT2D eigenvalue weighted by molar-refractivity contribution is 5.49. The third-order valence-electron chi connectivity index (χ3n) is 8.07. The number of rotatable bonds is 19. The Kier molecular flexibility index (Phi) is 14.4. The average Bonchev–Trinajstić information content (AvgIpc) is 2.96. The standard InChI is InChI=1S/C35H53NO2/c1-4-5-6-7-8-9-10-11-12-13-14-15-16-17-18-22-25-36-29-32-28-35(38-3)34(37-2)27-31(32)26-33(36)30-23-20-19-21-24-30/h11-12,19-21,23-24,27-28,33H,4-10,13-18,22,25-26,29H2,1-3H3/b12-11-. The van der Waals surface area contributed by atoms with Crippen LogP contribution in [0, 0.1) is 0 Å². The van der Waals surface area contributed by atoms with Crippen LogP contribution < -0.4 is 9.47 Å². The Balaban J connectivity index is 1.36. The molecule has 0 spiro atoms. The minimum absolute atomic E-state index is 0.421. The van der Waals surface area contributed by atoms with E-state index < -0.39 is 0 Å². The molecule has 0 N–H and O–H groups in total. The van der Waals surface area contributed by atoms with Gasteiger partial charge in [0.05, 0.1) is 14.2 Å². The van der Waals surface area contributed by atoms with Crippen molar-refractivity contribution < 1.29 is 9.47 Å². The lowest BCUT2D eigenvalue weighted by atomic mass is 9.89. The van der Waals surface area contributed by atoms with E-state index in [1.165, 1.54) is 107 Å². The van der Waals surface area contributed by atoms with Gasteiger partial charge in [-0.25, -0.2) is 0 Å². The van der Waals surface area contributed by atoms with Gasteiger partial charge in [-0.05, 0) is 73.9 Å². The van der Waals surface area contributed by atoms with Crippen molar-refractivity contribution >= 4 is 0 Å². The van der Waals surface area contributed by atoms with Crippen LogP contribution in [0.1, 0.15) is 120 Å². The third kappa shape index (κ3) is 10.1. The molecule has 0 bridgehead atoms. The lowest BCUT2D eigenvalue weighted by Crippen LogP contribution is -2.35. The number of hydrogen-bond acceptors (Lipinski definition) is 3. The summed E-state index contributed by atoms with van der Waals surface area (Å²) in [7, 11) is 3.45. The molecule has 0 saturated carbocycles. The highest BCUT2D eigenvalue weighted by atomic mass is 16.5. The molecule has 0 aromatic heterocycles. The van der Waals surface area contributed by atoms with Crippen LogP contribution in [-0.2, 0) is 13.0 Å². The molecule has 0 amide bonds. The van der Waals surface area contributed by atoms with Crippen LogP contribution in [-0.4, -0.2) is 25.7 Å². The van der Waals surface area contributed by atoms with Gasteiger partial charge < -0.3 is 9.47 Å². The number of ether oxygens (including phenoxy) is 2. The van der Waals surface area contributed by atoms with Gasteiger partial charge in [-0.3, -0.25) is 4.90 Å². The average molecular weight is 520 g/mol. The fourth-order valence-corrected chi connectivity index (χ4v) is 5.77. The number of allylic oxidation sites excluding steroid dienone is 2. The van der Waals surface area contributed by atoms with E-state index in [0.717, 1.165) is 31.0 Å². The van der Waals surface area contributed by atoms with Gasteiger partial charge in [-0.2, -0.15) is 0 Å². The first-order valence-electron chi connectivity index (χ1n) is 15.4. The lowest BCUT2D eigenvalue weighted by Gasteiger charge is -2.37. The Morgan fingerprint density at radius 2 is 1.26 bits per heavy atom. The minimum atomic E-state index is 0.421. The number of nitrogens with zero attached hydrogens (tertiary/aromatic N) is 1. The summed E-state index contributed by atoms with van der Waals surface area (Å²) in [5, 5.41) is 0. The highest BCUT2D eigenvalue weighted by Gasteiger charge is 2.28. The summed E-state index contributed by atoms with van der Waals surface area (Å²) in [6, 6.07) is 15.8. The van der Waals surface area contributed by atoms with Crippen LogP contribution in [0.5, 0.6) is 11.5 Å². The van der Waals surface area contributed by atoms with Crippen LogP contribution in [0.25, 0.3) is 0 Å². The second-order valence-corrected chi connectivity index (χ2v) is 11.0. The second-order valence-electron chi connectivity index (χ2n) is 11.0. The maximum atomic E-state index is 5.60. The molecule has 1 aliphatic rings. The van der Waals surface area contributed by atoms with Gasteiger partial charge in [0.2, 0.25) is 0 Å². The van der Waals surface area contributed by atoms with Crippen molar-refractivity contribution in [2.45, 2.75) is 116 Å². The Morgan fingerprint density at radius 1 is 0.711 bits per heavy atom. The monoisotopic (exact) mass is 519 g/mol. The summed E-state index contributed by atoms with van der Waals surface area (Å²) >= 11 is 0. The maximum Gasteiger partial charge on any atom is 0.161 e. The normalized spacial score (nSPS) is 15.6. The molecular weight excluding hydrogens is 466 g/mol. The van der Waals surface area contributed by atoms with Crippen molar-refractivity contribution in [3.05, 3.63) is 71.3 Å². The second kappa shape index (κ2) is 18.1. The van der Waals surface area contributed by atoms with Crippen molar-refractivity contribution in [3.63, 3.8) is 0 Å². The fraction of sp³-hybridized carbons (Fsp3) is 0.600. The summed E-state index contributed by atoms with van der Waals surface area (Å²) in [6.07, 6.45) is 24.8. The molecule has 3 rings (SSSR count). The minimum Gasteiger partial charge on any atom is -0.493 e. The predicted molar refractivity (Wildman–Crippen MR) is 162 cm³/mol. The molecule has 0 radical (unpaired) electrons. The first-order valence-corrected chi connectivity index (χ1v) is 15.4. The molecule has 1 atom stereocenters. The van der Waals surface area contributed by atoms with Gasteiger partial charge in [0.1, 0.15) is 0 Å². The highest BCUT2D eigenvalue weighted by Crippen LogP contribution is 2.39. The maximum absolute atomic E-state index is 5.60. The third-order valence-corrected chi connectivity index (χ3v) is 8.07. The van der Waals surface area contributed by atoms with Crippen molar-refractivity contribution in [2.75, 3.05) is 20.8 Å². The van der Waals surface area contributed by atoms with Crippen LogP contribution in [0.3, 0.4) is 0 Å². The van der Waals surface area contributed by atoms with Crippen LogP contribution in [0.15, 0.2) is 54.6 Å². The van der Waals surface area contributed by atoms with E-state index in [0.29, 0.717) is 6.04 Å². The zero-order chi connectivity index (χ0) is 26.8. The van der Waals surface area contributed by atoms with E-state index in [2.05, 4.69) is 66.4 Å². The van der Waals surface area contributed by atoms with Gasteiger partial charge in [-0.15, -0.1) is 0 Å². The summed E-state index contributed by atoms with van der Waals surface area (Å²) < 4.78 is 11.2. The molecule has 0 fully saturated rings. The molecule has 0 saturated heterocycles. The van der Waals surface area contributed by atoms with Crippen molar-refractivity contribution in [1.82, 2.24) is 4.90 Å². The Bertz CT molecular complexity index is 923. The first-order chi connectivity index (χ1) is 18.8. The van der Waals surface area contributed by atoms with Gasteiger partial charge in [-0.1, -0.05) is 107 Å². The van der Waals surface area contributed by atoms with Crippen molar-refractivity contribution in [3.8, 4) is 11.5 Å². The Labute approximate surface area is 233 Å². The zero-order valence-electron chi connectivity index (χ0n) is 24.6. The van der Waals surface area contributed by atoms with Gasteiger partial charge in [0, 0.05) is 12.6 Å². The molecule has 38 heavy (non-hydrogen) atoms. The van der Waals surface area contributed by atoms with E-state index in [1.54, 1.807) is 14.2 Å². The molecular formula is C35H53NO2. The fourth-order valence-electron chi connectivity index (χ4n) is 5.77. The summed E-state index contributed by atoms with van der Waals surface area (Å²) in [5.41, 5.74) is 4.17. The van der Waals surface area contributed by atoms with Gasteiger partial charge in [0.25, 0.3) is 0 Å². The zero-order valence-corrected chi connectivity index (χ0v) is 24.6. The van der Waals surface area contributed by atoms with Gasteiger partial charge in [0.15, 0.2) is 11.5 Å². The molecule has 1 heterocycles. The first kappa shape index (κ1) is 30.3. The summed E-state index contributed by atoms with van der Waals surface area (Å²) in [6.45, 7) is 4.41. The molecule has 1 unspecified atom stereocenters. The number of benzene rings is 2. The smallest absolute Gasteiger partial charge is 0.161 e. The lowest BCUT2D eigenvalue weighted by molar-refractivity contribution is 0.167. The van der Waals surface area contributed by atoms with Crippen LogP contribution >= 0.6 is 0 Å². The Hall–Kier alpha value is -2.26. The topological polar surface area (TPSA) is 21.7 Å². The predicted octanol–water partition coefficient (Wildman–Crippen LogP) is 9.84. The SMILES string of the molecule is CCCCCCCC/C=C\CCCCCCCCN1Cc2cc(OC)c(OC)cc2CC1c1ccccc1. The number of hydrogen-bond donors (Lipinski definition) is 0. The van der Waals surface area contributed by atoms with E-state index in [4.69, 9.17) is 9.47 Å². The number of methoxy groups -OCH3 is 2. The van der Waals surface area contributed by atoms with Gasteiger partial charge >= 0.3 is 0 Å². The van der Waals surface area contributed by atoms with Crippen LogP contribution in [0.2, 0.25) is 0 Å². The molecule has 3 heteroatoms. The quantitative estimate of drug-likeness (QED) is 0.136. The summed E-state index contributed by atoms with van der Waals surface area (Å²) in [5.74, 6) is 1.67. The van der Waals surface area contributed by atoms with Crippen molar-refractivity contribution in [1.29, 1.82) is 0 Å². The van der Waals surface area contributed by atoms with E-state index in [-0.39, 0.29) is 0 Å². The molecule has 2 aromatic carbocycles. The molecule has 2 aromatic rings. The number of unbranched alkanes of at least 4 members (excludes halogenated alkanes) is 12. The molecule has 0 aliphatic carbocycles. The molecule has 1 aliphatic heterocycles. The molecule has 3 nitrogen and oxygen atoms in total. The van der Waals surface area contributed by atoms with E-state index in [9.17, 15) is 0 Å². The van der Waals surface area contributed by atoms with E-state index >= 15 is 0 Å². The number of fused-ring (bicyclic) bond motifs is 1. The van der Waals surface area contributed by atoms with Crippen LogP contribution in [0.4, 0.5) is 0 Å². The molecule has 210 valence electrons. The van der Waals surface area contributed by atoms with E-state index in [1.807, 2.05) is 0 Å². The largest absolute Gasteiger partial charge is 0.493 e. The van der Waals surface area contributed by atoms with Crippen molar-refractivity contribution in [2.24, 2.45) is 0 Å². The summed E-state index contributed by atoms with van der Waals surface area (Å²) in [4.78, 5) is 2.68. The Morgan fingerprint density at radius 3 is 1.87 bits per heavy atom.